The Morgan fingerprint density at radius 2 is 1.65 bits per heavy atom. The van der Waals surface area contributed by atoms with Crippen LogP contribution in [0.3, 0.4) is 0 Å². The van der Waals surface area contributed by atoms with Gasteiger partial charge in [0, 0.05) is 18.8 Å². The minimum Gasteiger partial charge on any atom is -0.399 e. The summed E-state index contributed by atoms with van der Waals surface area (Å²) < 4.78 is 0. The summed E-state index contributed by atoms with van der Waals surface area (Å²) in [6.07, 6.45) is 0. The van der Waals surface area contributed by atoms with Crippen LogP contribution < -0.4 is 11.1 Å². The molecule has 3 N–H and O–H groups in total. The highest BCUT2D eigenvalue weighted by Gasteiger charge is 1.95. The first-order valence-electron chi connectivity index (χ1n) is 5.85. The monoisotopic (exact) mass is 226 g/mol. The van der Waals surface area contributed by atoms with Gasteiger partial charge in [0.1, 0.15) is 0 Å². The Morgan fingerprint density at radius 3 is 2.35 bits per heavy atom. The fourth-order valence-corrected chi connectivity index (χ4v) is 1.81. The van der Waals surface area contributed by atoms with Crippen molar-refractivity contribution >= 4 is 5.69 Å². The lowest BCUT2D eigenvalue weighted by atomic mass is 10.1. The van der Waals surface area contributed by atoms with Gasteiger partial charge in [0.2, 0.25) is 0 Å². The number of benzene rings is 2. The molecule has 0 heterocycles. The summed E-state index contributed by atoms with van der Waals surface area (Å²) in [4.78, 5) is 0. The van der Waals surface area contributed by atoms with Crippen molar-refractivity contribution in [2.24, 2.45) is 0 Å². The van der Waals surface area contributed by atoms with Crippen LogP contribution in [-0.2, 0) is 13.1 Å². The SMILES string of the molecule is Cc1cccc(CNCc2ccc(N)cc2)c1. The molecule has 0 aromatic heterocycles. The van der Waals surface area contributed by atoms with Crippen LogP contribution in [0.25, 0.3) is 0 Å². The van der Waals surface area contributed by atoms with Gasteiger partial charge >= 0.3 is 0 Å². The van der Waals surface area contributed by atoms with E-state index in [4.69, 9.17) is 5.73 Å². The standard InChI is InChI=1S/C15H18N2/c1-12-3-2-4-14(9-12)11-17-10-13-5-7-15(16)8-6-13/h2-9,17H,10-11,16H2,1H3. The van der Waals surface area contributed by atoms with Crippen LogP contribution in [0.15, 0.2) is 48.5 Å². The summed E-state index contributed by atoms with van der Waals surface area (Å²) in [5.74, 6) is 0. The van der Waals surface area contributed by atoms with Gasteiger partial charge in [0.05, 0.1) is 0 Å². The van der Waals surface area contributed by atoms with E-state index in [1.165, 1.54) is 16.7 Å². The quantitative estimate of drug-likeness (QED) is 0.787. The molecule has 2 aromatic rings. The molecule has 0 fully saturated rings. The van der Waals surface area contributed by atoms with Gasteiger partial charge in [-0.3, -0.25) is 0 Å². The molecule has 0 atom stereocenters. The zero-order valence-corrected chi connectivity index (χ0v) is 10.1. The Bertz CT molecular complexity index is 475. The van der Waals surface area contributed by atoms with Gasteiger partial charge in [-0.05, 0) is 30.2 Å². The Labute approximate surface area is 102 Å². The van der Waals surface area contributed by atoms with Crippen molar-refractivity contribution in [1.29, 1.82) is 0 Å². The molecule has 0 aliphatic heterocycles. The first-order chi connectivity index (χ1) is 8.24. The first kappa shape index (κ1) is 11.7. The zero-order valence-electron chi connectivity index (χ0n) is 10.1. The number of hydrogen-bond acceptors (Lipinski definition) is 2. The van der Waals surface area contributed by atoms with E-state index in [9.17, 15) is 0 Å². The Hall–Kier alpha value is -1.80. The Balaban J connectivity index is 1.85. The molecule has 0 saturated carbocycles. The molecule has 0 aliphatic carbocycles. The molecule has 0 aliphatic rings. The van der Waals surface area contributed by atoms with E-state index in [0.717, 1.165) is 18.8 Å². The van der Waals surface area contributed by atoms with Crippen molar-refractivity contribution in [2.75, 3.05) is 5.73 Å². The predicted octanol–water partition coefficient (Wildman–Crippen LogP) is 2.87. The van der Waals surface area contributed by atoms with Gasteiger partial charge in [-0.1, -0.05) is 42.0 Å². The third-order valence-electron chi connectivity index (χ3n) is 2.72. The van der Waals surface area contributed by atoms with Crippen molar-refractivity contribution in [3.05, 3.63) is 65.2 Å². The van der Waals surface area contributed by atoms with Gasteiger partial charge in [0.25, 0.3) is 0 Å². The predicted molar refractivity (Wildman–Crippen MR) is 72.6 cm³/mol. The molecule has 0 spiro atoms. The van der Waals surface area contributed by atoms with Gasteiger partial charge in [0.15, 0.2) is 0 Å². The third-order valence-corrected chi connectivity index (χ3v) is 2.72. The summed E-state index contributed by atoms with van der Waals surface area (Å²) in [5.41, 5.74) is 10.3. The molecule has 0 bridgehead atoms. The summed E-state index contributed by atoms with van der Waals surface area (Å²) in [5, 5.41) is 3.42. The van der Waals surface area contributed by atoms with Crippen molar-refractivity contribution in [2.45, 2.75) is 20.0 Å². The fraction of sp³-hybridized carbons (Fsp3) is 0.200. The van der Waals surface area contributed by atoms with Gasteiger partial charge in [-0.15, -0.1) is 0 Å². The van der Waals surface area contributed by atoms with E-state index in [-0.39, 0.29) is 0 Å². The smallest absolute Gasteiger partial charge is 0.0314 e. The number of hydrogen-bond donors (Lipinski definition) is 2. The average Bonchev–Trinajstić information content (AvgIpc) is 2.32. The van der Waals surface area contributed by atoms with Crippen LogP contribution in [-0.4, -0.2) is 0 Å². The highest BCUT2D eigenvalue weighted by atomic mass is 14.8. The molecule has 0 saturated heterocycles. The number of anilines is 1. The van der Waals surface area contributed by atoms with E-state index in [0.29, 0.717) is 0 Å². The van der Waals surface area contributed by atoms with Crippen molar-refractivity contribution in [1.82, 2.24) is 5.32 Å². The van der Waals surface area contributed by atoms with Crippen LogP contribution in [0.4, 0.5) is 5.69 Å². The minimum atomic E-state index is 0.812. The second-order valence-corrected chi connectivity index (χ2v) is 4.33. The highest BCUT2D eigenvalue weighted by molar-refractivity contribution is 5.39. The lowest BCUT2D eigenvalue weighted by Crippen LogP contribution is -2.12. The second-order valence-electron chi connectivity index (χ2n) is 4.33. The molecule has 2 heteroatoms. The van der Waals surface area contributed by atoms with E-state index in [2.05, 4.69) is 48.6 Å². The van der Waals surface area contributed by atoms with Gasteiger partial charge < -0.3 is 11.1 Å². The Morgan fingerprint density at radius 1 is 0.941 bits per heavy atom. The molecule has 0 radical (unpaired) electrons. The van der Waals surface area contributed by atoms with Crippen molar-refractivity contribution < 1.29 is 0 Å². The van der Waals surface area contributed by atoms with Crippen molar-refractivity contribution in [3.63, 3.8) is 0 Å². The van der Waals surface area contributed by atoms with Crippen LogP contribution in [0, 0.1) is 6.92 Å². The molecule has 88 valence electrons. The lowest BCUT2D eigenvalue weighted by molar-refractivity contribution is 0.693. The van der Waals surface area contributed by atoms with Gasteiger partial charge in [-0.2, -0.15) is 0 Å². The number of nitrogen functional groups attached to an aromatic ring is 1. The van der Waals surface area contributed by atoms with Gasteiger partial charge in [-0.25, -0.2) is 0 Å². The van der Waals surface area contributed by atoms with Crippen LogP contribution in [0.2, 0.25) is 0 Å². The maximum Gasteiger partial charge on any atom is 0.0314 e. The van der Waals surface area contributed by atoms with E-state index >= 15 is 0 Å². The molecule has 2 rings (SSSR count). The normalized spacial score (nSPS) is 10.4. The van der Waals surface area contributed by atoms with Crippen LogP contribution >= 0.6 is 0 Å². The number of nitrogens with two attached hydrogens (primary N) is 1. The fourth-order valence-electron chi connectivity index (χ4n) is 1.81. The maximum atomic E-state index is 5.64. The third kappa shape index (κ3) is 3.61. The molecule has 17 heavy (non-hydrogen) atoms. The number of rotatable bonds is 4. The second kappa shape index (κ2) is 5.51. The molecular formula is C15H18N2. The maximum absolute atomic E-state index is 5.64. The lowest BCUT2D eigenvalue weighted by Gasteiger charge is -2.06. The average molecular weight is 226 g/mol. The van der Waals surface area contributed by atoms with E-state index in [1.54, 1.807) is 0 Å². The van der Waals surface area contributed by atoms with Crippen LogP contribution in [0.1, 0.15) is 16.7 Å². The highest BCUT2D eigenvalue weighted by Crippen LogP contribution is 2.06. The summed E-state index contributed by atoms with van der Waals surface area (Å²) in [6.45, 7) is 3.88. The summed E-state index contributed by atoms with van der Waals surface area (Å²) in [7, 11) is 0. The molecule has 2 nitrogen and oxygen atoms in total. The van der Waals surface area contributed by atoms with Crippen LogP contribution in [0.5, 0.6) is 0 Å². The van der Waals surface area contributed by atoms with E-state index < -0.39 is 0 Å². The minimum absolute atomic E-state index is 0.812. The molecular weight excluding hydrogens is 208 g/mol. The molecule has 2 aromatic carbocycles. The topological polar surface area (TPSA) is 38.0 Å². The first-order valence-corrected chi connectivity index (χ1v) is 5.85. The Kier molecular flexibility index (Phi) is 3.78. The van der Waals surface area contributed by atoms with E-state index in [1.807, 2.05) is 12.1 Å². The molecule has 0 amide bonds. The summed E-state index contributed by atoms with van der Waals surface area (Å²) in [6, 6.07) is 16.5. The largest absolute Gasteiger partial charge is 0.399 e. The summed E-state index contributed by atoms with van der Waals surface area (Å²) >= 11 is 0. The number of aryl methyl sites for hydroxylation is 1. The zero-order chi connectivity index (χ0) is 12.1. The van der Waals surface area contributed by atoms with Crippen molar-refractivity contribution in [3.8, 4) is 0 Å². The number of nitrogens with one attached hydrogen (secondary N) is 1. The molecule has 0 unspecified atom stereocenters.